The number of nitrogens with zero attached hydrogens (tertiary/aromatic N) is 4. The fourth-order valence-electron chi connectivity index (χ4n) is 2.24. The zero-order chi connectivity index (χ0) is 14.1. The Morgan fingerprint density at radius 1 is 1.11 bits per heavy atom. The van der Waals surface area contributed by atoms with E-state index in [9.17, 15) is 0 Å². The van der Waals surface area contributed by atoms with Crippen LogP contribution in [0.1, 0.15) is 84.1 Å². The van der Waals surface area contributed by atoms with Crippen LogP contribution in [0.2, 0.25) is 0 Å². The third kappa shape index (κ3) is 5.27. The Morgan fingerprint density at radius 3 is 2.58 bits per heavy atom. The molecule has 0 spiro atoms. The molecule has 110 valence electrons. The topological polar surface area (TPSA) is 55.6 Å². The molecule has 2 unspecified atom stereocenters. The van der Waals surface area contributed by atoms with Crippen molar-refractivity contribution in [2.24, 2.45) is 0 Å². The molecule has 5 heteroatoms. The van der Waals surface area contributed by atoms with Gasteiger partial charge in [-0.15, -0.1) is 5.10 Å². The summed E-state index contributed by atoms with van der Waals surface area (Å²) < 4.78 is 1.99. The first-order valence-electron chi connectivity index (χ1n) is 7.71. The van der Waals surface area contributed by atoms with Gasteiger partial charge in [-0.2, -0.15) is 0 Å². The Balaban J connectivity index is 2.50. The average Bonchev–Trinajstić information content (AvgIpc) is 2.90. The molecule has 0 aliphatic heterocycles. The van der Waals surface area contributed by atoms with Gasteiger partial charge in [0.2, 0.25) is 0 Å². The van der Waals surface area contributed by atoms with Gasteiger partial charge >= 0.3 is 0 Å². The van der Waals surface area contributed by atoms with Crippen molar-refractivity contribution in [1.29, 1.82) is 0 Å². The molecule has 0 aliphatic rings. The third-order valence-corrected chi connectivity index (χ3v) is 3.50. The van der Waals surface area contributed by atoms with Crippen LogP contribution < -0.4 is 5.32 Å². The zero-order valence-electron chi connectivity index (χ0n) is 12.9. The minimum Gasteiger partial charge on any atom is -0.307 e. The van der Waals surface area contributed by atoms with Crippen LogP contribution in [0.5, 0.6) is 0 Å². The van der Waals surface area contributed by atoms with Crippen LogP contribution in [0.4, 0.5) is 0 Å². The minimum absolute atomic E-state index is 0.216. The maximum absolute atomic E-state index is 4.17. The second-order valence-electron chi connectivity index (χ2n) is 5.36. The predicted molar refractivity (Wildman–Crippen MR) is 78.0 cm³/mol. The molecule has 0 bridgehead atoms. The molecular formula is C14H29N5. The molecule has 5 nitrogen and oxygen atoms in total. The average molecular weight is 267 g/mol. The highest BCUT2D eigenvalue weighted by atomic mass is 15.6. The van der Waals surface area contributed by atoms with Crippen molar-refractivity contribution < 1.29 is 0 Å². The van der Waals surface area contributed by atoms with Crippen molar-refractivity contribution in [3.05, 3.63) is 5.82 Å². The summed E-state index contributed by atoms with van der Waals surface area (Å²) in [5, 5.41) is 15.6. The van der Waals surface area contributed by atoms with Gasteiger partial charge < -0.3 is 5.32 Å². The highest BCUT2D eigenvalue weighted by molar-refractivity contribution is 4.91. The SMILES string of the molecule is CCCCCCC(C)n1nnnc1C(C)NCCC. The standard InChI is InChI=1S/C14H29N5/c1-5-7-8-9-10-12(3)19-14(16-17-18-19)13(4)15-11-6-2/h12-13,15H,5-11H2,1-4H3. The van der Waals surface area contributed by atoms with Crippen molar-refractivity contribution in [3.8, 4) is 0 Å². The van der Waals surface area contributed by atoms with Gasteiger partial charge in [-0.25, -0.2) is 4.68 Å². The van der Waals surface area contributed by atoms with E-state index in [4.69, 9.17) is 0 Å². The summed E-state index contributed by atoms with van der Waals surface area (Å²) in [5.74, 6) is 0.955. The number of aromatic nitrogens is 4. The van der Waals surface area contributed by atoms with E-state index in [0.717, 1.165) is 25.2 Å². The summed E-state index contributed by atoms with van der Waals surface area (Å²) in [6, 6.07) is 0.598. The number of rotatable bonds is 10. The van der Waals surface area contributed by atoms with Crippen molar-refractivity contribution in [2.75, 3.05) is 6.54 Å². The lowest BCUT2D eigenvalue weighted by molar-refractivity contribution is 0.394. The van der Waals surface area contributed by atoms with E-state index in [-0.39, 0.29) is 6.04 Å². The van der Waals surface area contributed by atoms with Crippen molar-refractivity contribution in [1.82, 2.24) is 25.5 Å². The molecule has 1 N–H and O–H groups in total. The normalized spacial score (nSPS) is 14.5. The fourth-order valence-corrected chi connectivity index (χ4v) is 2.24. The van der Waals surface area contributed by atoms with Crippen molar-refractivity contribution in [2.45, 2.75) is 78.3 Å². The van der Waals surface area contributed by atoms with Crippen LogP contribution in [0, 0.1) is 0 Å². The molecule has 1 rings (SSSR count). The molecule has 1 aromatic rings. The summed E-state index contributed by atoms with van der Waals surface area (Å²) in [6.07, 6.45) is 7.44. The van der Waals surface area contributed by atoms with Crippen LogP contribution >= 0.6 is 0 Å². The van der Waals surface area contributed by atoms with Gasteiger partial charge in [0, 0.05) is 0 Å². The van der Waals surface area contributed by atoms with Crippen LogP contribution in [0.15, 0.2) is 0 Å². The zero-order valence-corrected chi connectivity index (χ0v) is 12.9. The van der Waals surface area contributed by atoms with Crippen LogP contribution in [-0.2, 0) is 0 Å². The van der Waals surface area contributed by atoms with E-state index in [0.29, 0.717) is 6.04 Å². The molecular weight excluding hydrogens is 238 g/mol. The summed E-state index contributed by atoms with van der Waals surface area (Å²) >= 11 is 0. The Labute approximate surface area is 117 Å². The van der Waals surface area contributed by atoms with Gasteiger partial charge in [-0.3, -0.25) is 0 Å². The van der Waals surface area contributed by atoms with Crippen molar-refractivity contribution in [3.63, 3.8) is 0 Å². The lowest BCUT2D eigenvalue weighted by Crippen LogP contribution is -2.24. The van der Waals surface area contributed by atoms with Gasteiger partial charge in [0.15, 0.2) is 5.82 Å². The van der Waals surface area contributed by atoms with E-state index in [1.807, 2.05) is 4.68 Å². The summed E-state index contributed by atoms with van der Waals surface area (Å²) in [4.78, 5) is 0. The monoisotopic (exact) mass is 267 g/mol. The van der Waals surface area contributed by atoms with Gasteiger partial charge in [0.1, 0.15) is 0 Å². The smallest absolute Gasteiger partial charge is 0.168 e. The summed E-state index contributed by atoms with van der Waals surface area (Å²) in [6.45, 7) is 9.74. The van der Waals surface area contributed by atoms with E-state index in [1.54, 1.807) is 0 Å². The molecule has 1 heterocycles. The van der Waals surface area contributed by atoms with Crippen LogP contribution in [0.25, 0.3) is 0 Å². The molecule has 0 amide bonds. The van der Waals surface area contributed by atoms with Gasteiger partial charge in [-0.05, 0) is 43.7 Å². The van der Waals surface area contributed by atoms with E-state index in [1.165, 1.54) is 25.7 Å². The lowest BCUT2D eigenvalue weighted by atomic mass is 10.1. The Hall–Kier alpha value is -0.970. The second kappa shape index (κ2) is 9.02. The van der Waals surface area contributed by atoms with E-state index in [2.05, 4.69) is 48.5 Å². The Morgan fingerprint density at radius 2 is 1.89 bits per heavy atom. The summed E-state index contributed by atoms with van der Waals surface area (Å²) in [7, 11) is 0. The highest BCUT2D eigenvalue weighted by Crippen LogP contribution is 2.18. The molecule has 0 aliphatic carbocycles. The molecule has 0 saturated carbocycles. The van der Waals surface area contributed by atoms with E-state index < -0.39 is 0 Å². The quantitative estimate of drug-likeness (QED) is 0.661. The number of tetrazole rings is 1. The number of nitrogens with one attached hydrogen (secondary N) is 1. The highest BCUT2D eigenvalue weighted by Gasteiger charge is 2.17. The lowest BCUT2D eigenvalue weighted by Gasteiger charge is -2.17. The predicted octanol–water partition coefficient (Wildman–Crippen LogP) is 3.27. The molecule has 1 aromatic heterocycles. The number of hydrogen-bond acceptors (Lipinski definition) is 4. The van der Waals surface area contributed by atoms with Gasteiger partial charge in [-0.1, -0.05) is 39.5 Å². The Bertz CT molecular complexity index is 336. The second-order valence-corrected chi connectivity index (χ2v) is 5.36. The maximum atomic E-state index is 4.17. The third-order valence-electron chi connectivity index (χ3n) is 3.50. The van der Waals surface area contributed by atoms with Crippen molar-refractivity contribution >= 4 is 0 Å². The summed E-state index contributed by atoms with van der Waals surface area (Å²) in [5.41, 5.74) is 0. The molecule has 0 radical (unpaired) electrons. The van der Waals surface area contributed by atoms with Crippen LogP contribution in [-0.4, -0.2) is 26.8 Å². The molecule has 0 fully saturated rings. The first-order valence-corrected chi connectivity index (χ1v) is 7.71. The first kappa shape index (κ1) is 16.1. The molecule has 2 atom stereocenters. The van der Waals surface area contributed by atoms with Gasteiger partial charge in [0.25, 0.3) is 0 Å². The Kier molecular flexibility index (Phi) is 7.63. The largest absolute Gasteiger partial charge is 0.307 e. The first-order chi connectivity index (χ1) is 9.20. The number of unbranched alkanes of at least 4 members (excludes halogenated alkanes) is 3. The molecule has 19 heavy (non-hydrogen) atoms. The van der Waals surface area contributed by atoms with E-state index >= 15 is 0 Å². The fraction of sp³-hybridized carbons (Fsp3) is 0.929. The maximum Gasteiger partial charge on any atom is 0.168 e. The van der Waals surface area contributed by atoms with Crippen LogP contribution in [0.3, 0.4) is 0 Å². The number of hydrogen-bond donors (Lipinski definition) is 1. The molecule has 0 aromatic carbocycles. The van der Waals surface area contributed by atoms with Gasteiger partial charge in [0.05, 0.1) is 12.1 Å². The minimum atomic E-state index is 0.216. The molecule has 0 saturated heterocycles.